The van der Waals surface area contributed by atoms with Crippen LogP contribution in [0.3, 0.4) is 0 Å². The molecule has 2 aromatic carbocycles. The number of carbonyl (C=O) groups is 1. The van der Waals surface area contributed by atoms with Crippen LogP contribution in [0.5, 0.6) is 0 Å². The summed E-state index contributed by atoms with van der Waals surface area (Å²) in [6, 6.07) is 9.75. The molecule has 86 valence electrons. The maximum atomic E-state index is 11.8. The van der Waals surface area contributed by atoms with Crippen LogP contribution in [0.25, 0.3) is 10.8 Å². The van der Waals surface area contributed by atoms with Gasteiger partial charge in [0.15, 0.2) is 0 Å². The monoisotopic (exact) mass is 248 g/mol. The Morgan fingerprint density at radius 1 is 1.00 bits per heavy atom. The minimum Gasteiger partial charge on any atom is -0.305 e. The van der Waals surface area contributed by atoms with Crippen molar-refractivity contribution in [3.63, 3.8) is 0 Å². The number of benzene rings is 2. The molecule has 2 N–H and O–H groups in total. The molecule has 0 saturated carbocycles. The molecule has 0 saturated heterocycles. The van der Waals surface area contributed by atoms with Crippen LogP contribution in [-0.2, 0) is 10.0 Å². The molecular weight excluding hydrogens is 240 g/mol. The molecule has 1 aliphatic heterocycles. The molecule has 1 aliphatic rings. The van der Waals surface area contributed by atoms with Gasteiger partial charge in [0.05, 0.1) is 5.69 Å². The third-order valence-electron chi connectivity index (χ3n) is 2.65. The number of anilines is 1. The first-order chi connectivity index (χ1) is 8.08. The number of nitrogens with one attached hydrogen (secondary N) is 2. The fourth-order valence-electron chi connectivity index (χ4n) is 1.92. The second kappa shape index (κ2) is 3.21. The Labute approximate surface area is 97.5 Å². The van der Waals surface area contributed by atoms with E-state index in [0.717, 1.165) is 5.39 Å². The van der Waals surface area contributed by atoms with Crippen molar-refractivity contribution in [1.82, 2.24) is 4.72 Å². The number of amides is 2. The quantitative estimate of drug-likeness (QED) is 0.744. The van der Waals surface area contributed by atoms with E-state index in [1.807, 2.05) is 16.9 Å². The third-order valence-corrected chi connectivity index (χ3v) is 4.02. The fourth-order valence-corrected chi connectivity index (χ4v) is 3.00. The van der Waals surface area contributed by atoms with Gasteiger partial charge in [0.25, 0.3) is 10.0 Å². The third kappa shape index (κ3) is 1.45. The van der Waals surface area contributed by atoms with E-state index < -0.39 is 16.1 Å². The first-order valence-electron chi connectivity index (χ1n) is 4.93. The topological polar surface area (TPSA) is 75.3 Å². The zero-order chi connectivity index (χ0) is 12.0. The summed E-state index contributed by atoms with van der Waals surface area (Å²) >= 11 is 0. The number of carbonyl (C=O) groups excluding carboxylic acids is 1. The zero-order valence-electron chi connectivity index (χ0n) is 8.60. The van der Waals surface area contributed by atoms with Gasteiger partial charge in [-0.25, -0.2) is 17.9 Å². The highest BCUT2D eigenvalue weighted by molar-refractivity contribution is 7.90. The Bertz CT molecular complexity index is 737. The number of urea groups is 1. The lowest BCUT2D eigenvalue weighted by Crippen LogP contribution is -2.39. The molecule has 0 bridgehead atoms. The summed E-state index contributed by atoms with van der Waals surface area (Å²) in [5.74, 6) is 0. The molecule has 0 aromatic heterocycles. The largest absolute Gasteiger partial charge is 0.333 e. The van der Waals surface area contributed by atoms with Gasteiger partial charge in [-0.1, -0.05) is 30.3 Å². The molecule has 0 atom stereocenters. The second-order valence-electron chi connectivity index (χ2n) is 3.72. The molecule has 5 nitrogen and oxygen atoms in total. The van der Waals surface area contributed by atoms with Crippen molar-refractivity contribution in [3.8, 4) is 0 Å². The van der Waals surface area contributed by atoms with E-state index in [9.17, 15) is 13.2 Å². The summed E-state index contributed by atoms with van der Waals surface area (Å²) in [6.07, 6.45) is 0. The maximum absolute atomic E-state index is 11.8. The van der Waals surface area contributed by atoms with Gasteiger partial charge in [-0.2, -0.15) is 0 Å². The molecule has 0 radical (unpaired) electrons. The van der Waals surface area contributed by atoms with Gasteiger partial charge in [-0.15, -0.1) is 0 Å². The number of hydrogen-bond acceptors (Lipinski definition) is 3. The molecule has 0 fully saturated rings. The van der Waals surface area contributed by atoms with Crippen LogP contribution < -0.4 is 10.0 Å². The van der Waals surface area contributed by atoms with Crippen molar-refractivity contribution in [2.45, 2.75) is 4.90 Å². The van der Waals surface area contributed by atoms with E-state index in [0.29, 0.717) is 11.1 Å². The molecule has 2 amide bonds. The van der Waals surface area contributed by atoms with Crippen LogP contribution in [0.4, 0.5) is 10.5 Å². The minimum atomic E-state index is -3.74. The molecule has 3 rings (SSSR count). The lowest BCUT2D eigenvalue weighted by molar-refractivity contribution is 0.256. The molecule has 1 heterocycles. The Hall–Kier alpha value is -2.08. The first-order valence-corrected chi connectivity index (χ1v) is 6.42. The fraction of sp³-hybridized carbons (Fsp3) is 0. The highest BCUT2D eigenvalue weighted by atomic mass is 32.2. The summed E-state index contributed by atoms with van der Waals surface area (Å²) < 4.78 is 25.4. The summed E-state index contributed by atoms with van der Waals surface area (Å²) in [4.78, 5) is 11.4. The van der Waals surface area contributed by atoms with Gasteiger partial charge in [-0.05, 0) is 11.5 Å². The molecule has 0 spiro atoms. The molecule has 0 aliphatic carbocycles. The lowest BCUT2D eigenvalue weighted by Gasteiger charge is -2.19. The van der Waals surface area contributed by atoms with Crippen molar-refractivity contribution in [2.24, 2.45) is 0 Å². The molecular formula is C11H8N2O3S. The SMILES string of the molecule is O=C1Nc2c(ccc3ccccc23)S(=O)(=O)N1. The van der Waals surface area contributed by atoms with Crippen LogP contribution in [-0.4, -0.2) is 14.4 Å². The molecule has 6 heteroatoms. The summed E-state index contributed by atoms with van der Waals surface area (Å²) in [5.41, 5.74) is 0.340. The van der Waals surface area contributed by atoms with Crippen molar-refractivity contribution in [3.05, 3.63) is 36.4 Å². The Morgan fingerprint density at radius 2 is 1.76 bits per heavy atom. The Kier molecular flexibility index (Phi) is 1.90. The summed E-state index contributed by atoms with van der Waals surface area (Å²) in [7, 11) is -3.74. The maximum Gasteiger partial charge on any atom is 0.333 e. The van der Waals surface area contributed by atoms with Gasteiger partial charge < -0.3 is 5.32 Å². The molecule has 0 unspecified atom stereocenters. The lowest BCUT2D eigenvalue weighted by atomic mass is 10.1. The van der Waals surface area contributed by atoms with Gasteiger partial charge in [0.1, 0.15) is 4.90 Å². The van der Waals surface area contributed by atoms with E-state index in [-0.39, 0.29) is 4.90 Å². The molecule has 2 aromatic rings. The van der Waals surface area contributed by atoms with Crippen molar-refractivity contribution in [2.75, 3.05) is 5.32 Å². The highest BCUT2D eigenvalue weighted by Gasteiger charge is 2.28. The first kappa shape index (κ1) is 10.1. The Morgan fingerprint density at radius 3 is 2.59 bits per heavy atom. The number of fused-ring (bicyclic) bond motifs is 3. The van der Waals surface area contributed by atoms with E-state index in [1.165, 1.54) is 6.07 Å². The summed E-state index contributed by atoms with van der Waals surface area (Å²) in [6.45, 7) is 0. The number of sulfonamides is 1. The van der Waals surface area contributed by atoms with Gasteiger partial charge >= 0.3 is 6.03 Å². The predicted molar refractivity (Wildman–Crippen MR) is 63.3 cm³/mol. The average molecular weight is 248 g/mol. The van der Waals surface area contributed by atoms with Gasteiger partial charge in [0, 0.05) is 5.39 Å². The van der Waals surface area contributed by atoms with Crippen LogP contribution in [0.15, 0.2) is 41.3 Å². The van der Waals surface area contributed by atoms with Crippen LogP contribution in [0.2, 0.25) is 0 Å². The van der Waals surface area contributed by atoms with Crippen LogP contribution in [0, 0.1) is 0 Å². The zero-order valence-corrected chi connectivity index (χ0v) is 9.41. The van der Waals surface area contributed by atoms with E-state index in [1.54, 1.807) is 18.2 Å². The van der Waals surface area contributed by atoms with Gasteiger partial charge in [-0.3, -0.25) is 0 Å². The van der Waals surface area contributed by atoms with Crippen molar-refractivity contribution < 1.29 is 13.2 Å². The highest BCUT2D eigenvalue weighted by Crippen LogP contribution is 2.32. The van der Waals surface area contributed by atoms with Crippen molar-refractivity contribution in [1.29, 1.82) is 0 Å². The normalized spacial score (nSPS) is 17.1. The Balaban J connectivity index is 2.45. The second-order valence-corrected chi connectivity index (χ2v) is 5.37. The smallest absolute Gasteiger partial charge is 0.305 e. The standard InChI is InChI=1S/C11H8N2O3S/c14-11-12-10-8-4-2-1-3-7(8)5-6-9(10)17(15,16)13-11/h1-6H,(H2,12,13,14). The van der Waals surface area contributed by atoms with E-state index in [4.69, 9.17) is 0 Å². The van der Waals surface area contributed by atoms with Crippen LogP contribution in [0.1, 0.15) is 0 Å². The van der Waals surface area contributed by atoms with E-state index in [2.05, 4.69) is 5.32 Å². The number of rotatable bonds is 0. The van der Waals surface area contributed by atoms with Gasteiger partial charge in [0.2, 0.25) is 0 Å². The predicted octanol–water partition coefficient (Wildman–Crippen LogP) is 1.66. The van der Waals surface area contributed by atoms with Crippen molar-refractivity contribution >= 4 is 32.5 Å². The molecule has 17 heavy (non-hydrogen) atoms. The minimum absolute atomic E-state index is 0.0933. The number of hydrogen-bond donors (Lipinski definition) is 2. The summed E-state index contributed by atoms with van der Waals surface area (Å²) in [5, 5.41) is 4.12. The van der Waals surface area contributed by atoms with E-state index >= 15 is 0 Å². The average Bonchev–Trinajstić information content (AvgIpc) is 2.27. The van der Waals surface area contributed by atoms with Crippen LogP contribution >= 0.6 is 0 Å².